The van der Waals surface area contributed by atoms with E-state index in [1.807, 2.05) is 0 Å². The Bertz CT molecular complexity index is 149. The van der Waals surface area contributed by atoms with Crippen molar-refractivity contribution in [2.45, 2.75) is 25.0 Å². The van der Waals surface area contributed by atoms with Crippen molar-refractivity contribution < 1.29 is 4.79 Å². The quantitative estimate of drug-likeness (QED) is 0.597. The van der Waals surface area contributed by atoms with E-state index in [0.717, 1.165) is 6.54 Å². The van der Waals surface area contributed by atoms with Gasteiger partial charge in [-0.05, 0) is 26.4 Å². The van der Waals surface area contributed by atoms with Gasteiger partial charge in [0.25, 0.3) is 0 Å². The molecule has 0 aromatic rings. The number of hydrogen-bond acceptors (Lipinski definition) is 3. The van der Waals surface area contributed by atoms with E-state index in [-0.39, 0.29) is 5.12 Å². The predicted molar refractivity (Wildman–Crippen MR) is 48.8 cm³/mol. The van der Waals surface area contributed by atoms with Crippen LogP contribution >= 0.6 is 11.8 Å². The molecule has 0 saturated carbocycles. The molecule has 1 aliphatic heterocycles. The minimum Gasteiger partial charge on any atom is -0.305 e. The van der Waals surface area contributed by atoms with E-state index in [9.17, 15) is 4.79 Å². The van der Waals surface area contributed by atoms with Gasteiger partial charge in [0.15, 0.2) is 5.12 Å². The van der Waals surface area contributed by atoms with Gasteiger partial charge in [-0.25, -0.2) is 0 Å². The minimum absolute atomic E-state index is 0.255. The normalized spacial score (nSPS) is 26.9. The van der Waals surface area contributed by atoms with Gasteiger partial charge < -0.3 is 4.90 Å². The first-order chi connectivity index (χ1) is 5.18. The SMILES string of the molecule is CC(=O)SC1CCCN(C)C1. The maximum atomic E-state index is 10.8. The standard InChI is InChI=1S/C8H15NOS/c1-7(10)11-8-4-3-5-9(2)6-8/h8H,3-6H2,1-2H3. The zero-order chi connectivity index (χ0) is 8.27. The van der Waals surface area contributed by atoms with E-state index in [0.29, 0.717) is 5.25 Å². The molecular weight excluding hydrogens is 158 g/mol. The first-order valence-electron chi connectivity index (χ1n) is 4.04. The molecule has 0 radical (unpaired) electrons. The van der Waals surface area contributed by atoms with Crippen molar-refractivity contribution >= 4 is 16.9 Å². The van der Waals surface area contributed by atoms with Crippen LogP contribution in [0.4, 0.5) is 0 Å². The smallest absolute Gasteiger partial charge is 0.186 e. The summed E-state index contributed by atoms with van der Waals surface area (Å²) in [5, 5.41) is 0.802. The molecule has 2 nitrogen and oxygen atoms in total. The molecule has 1 rings (SSSR count). The number of piperidine rings is 1. The van der Waals surface area contributed by atoms with Gasteiger partial charge in [-0.2, -0.15) is 0 Å². The van der Waals surface area contributed by atoms with Crippen LogP contribution < -0.4 is 0 Å². The molecular formula is C8H15NOS. The molecule has 1 unspecified atom stereocenters. The number of rotatable bonds is 1. The zero-order valence-corrected chi connectivity index (χ0v) is 7.99. The predicted octanol–water partition coefficient (Wildman–Crippen LogP) is 1.36. The molecule has 1 saturated heterocycles. The summed E-state index contributed by atoms with van der Waals surface area (Å²) >= 11 is 1.50. The van der Waals surface area contributed by atoms with Crippen molar-refractivity contribution in [3.8, 4) is 0 Å². The molecule has 1 heterocycles. The third-order valence-electron chi connectivity index (χ3n) is 1.91. The fraction of sp³-hybridized carbons (Fsp3) is 0.875. The maximum absolute atomic E-state index is 10.8. The van der Waals surface area contributed by atoms with Gasteiger partial charge in [0, 0.05) is 18.7 Å². The monoisotopic (exact) mass is 173 g/mol. The lowest BCUT2D eigenvalue weighted by molar-refractivity contribution is -0.109. The van der Waals surface area contributed by atoms with Gasteiger partial charge in [0.1, 0.15) is 0 Å². The van der Waals surface area contributed by atoms with Crippen LogP contribution in [0, 0.1) is 0 Å². The summed E-state index contributed by atoms with van der Waals surface area (Å²) in [5.41, 5.74) is 0. The highest BCUT2D eigenvalue weighted by molar-refractivity contribution is 8.14. The van der Waals surface area contributed by atoms with Crippen molar-refractivity contribution in [3.05, 3.63) is 0 Å². The molecule has 3 heteroatoms. The molecule has 64 valence electrons. The fourth-order valence-corrected chi connectivity index (χ4v) is 2.53. The van der Waals surface area contributed by atoms with E-state index in [2.05, 4.69) is 11.9 Å². The van der Waals surface area contributed by atoms with Gasteiger partial charge in [-0.15, -0.1) is 0 Å². The van der Waals surface area contributed by atoms with Crippen LogP contribution in [0.3, 0.4) is 0 Å². The first kappa shape index (κ1) is 9.07. The van der Waals surface area contributed by atoms with Crippen molar-refractivity contribution in [2.24, 2.45) is 0 Å². The highest BCUT2D eigenvalue weighted by Crippen LogP contribution is 2.21. The van der Waals surface area contributed by atoms with Crippen molar-refractivity contribution in [3.63, 3.8) is 0 Å². The number of hydrogen-bond donors (Lipinski definition) is 0. The molecule has 1 fully saturated rings. The molecule has 1 aliphatic rings. The molecule has 0 aliphatic carbocycles. The number of likely N-dealkylation sites (tertiary alicyclic amines) is 1. The van der Waals surface area contributed by atoms with Crippen LogP contribution in [0.2, 0.25) is 0 Å². The van der Waals surface area contributed by atoms with E-state index in [4.69, 9.17) is 0 Å². The molecule has 0 aromatic heterocycles. The summed E-state index contributed by atoms with van der Waals surface area (Å²) in [5.74, 6) is 0. The third kappa shape index (κ3) is 3.25. The van der Waals surface area contributed by atoms with Gasteiger partial charge in [-0.3, -0.25) is 4.79 Å². The van der Waals surface area contributed by atoms with Crippen molar-refractivity contribution in [2.75, 3.05) is 20.1 Å². The van der Waals surface area contributed by atoms with Crippen LogP contribution in [0.5, 0.6) is 0 Å². The van der Waals surface area contributed by atoms with E-state index in [1.54, 1.807) is 6.92 Å². The number of nitrogens with zero attached hydrogens (tertiary/aromatic N) is 1. The lowest BCUT2D eigenvalue weighted by Crippen LogP contribution is -2.34. The highest BCUT2D eigenvalue weighted by atomic mass is 32.2. The number of thioether (sulfide) groups is 1. The van der Waals surface area contributed by atoms with Crippen LogP contribution in [-0.4, -0.2) is 35.4 Å². The van der Waals surface area contributed by atoms with E-state index in [1.165, 1.54) is 31.1 Å². The van der Waals surface area contributed by atoms with Gasteiger partial charge in [0.05, 0.1) is 0 Å². The van der Waals surface area contributed by atoms with Crippen molar-refractivity contribution in [1.29, 1.82) is 0 Å². The fourth-order valence-electron chi connectivity index (χ4n) is 1.45. The second kappa shape index (κ2) is 4.12. The Labute approximate surface area is 72.3 Å². The van der Waals surface area contributed by atoms with Crippen LogP contribution in [0.25, 0.3) is 0 Å². The Kier molecular flexibility index (Phi) is 3.40. The Hall–Kier alpha value is -0.0200. The minimum atomic E-state index is 0.255. The third-order valence-corrected chi connectivity index (χ3v) is 2.96. The second-order valence-electron chi connectivity index (χ2n) is 3.14. The Morgan fingerprint density at radius 3 is 2.91 bits per heavy atom. The van der Waals surface area contributed by atoms with Crippen LogP contribution in [-0.2, 0) is 4.79 Å². The Morgan fingerprint density at radius 2 is 2.36 bits per heavy atom. The lowest BCUT2D eigenvalue weighted by Gasteiger charge is -2.28. The summed E-state index contributed by atoms with van der Waals surface area (Å²) in [6.45, 7) is 3.92. The summed E-state index contributed by atoms with van der Waals surface area (Å²) in [6, 6.07) is 0. The Balaban J connectivity index is 2.28. The lowest BCUT2D eigenvalue weighted by atomic mass is 10.1. The molecule has 0 N–H and O–H groups in total. The van der Waals surface area contributed by atoms with Crippen molar-refractivity contribution in [1.82, 2.24) is 4.90 Å². The number of carbonyl (C=O) groups excluding carboxylic acids is 1. The van der Waals surface area contributed by atoms with Gasteiger partial charge in [0.2, 0.25) is 0 Å². The Morgan fingerprint density at radius 1 is 1.64 bits per heavy atom. The molecule has 1 atom stereocenters. The first-order valence-corrected chi connectivity index (χ1v) is 4.92. The molecule has 0 aromatic carbocycles. The van der Waals surface area contributed by atoms with Gasteiger partial charge in [-0.1, -0.05) is 11.8 Å². The number of carbonyl (C=O) groups is 1. The molecule has 0 amide bonds. The highest BCUT2D eigenvalue weighted by Gasteiger charge is 2.18. The van der Waals surface area contributed by atoms with Crippen LogP contribution in [0.1, 0.15) is 19.8 Å². The largest absolute Gasteiger partial charge is 0.305 e. The summed E-state index contributed by atoms with van der Waals surface area (Å²) < 4.78 is 0. The molecule has 0 bridgehead atoms. The second-order valence-corrected chi connectivity index (χ2v) is 4.61. The van der Waals surface area contributed by atoms with E-state index < -0.39 is 0 Å². The summed E-state index contributed by atoms with van der Waals surface area (Å²) in [4.78, 5) is 13.1. The summed E-state index contributed by atoms with van der Waals surface area (Å²) in [7, 11) is 2.12. The molecule has 11 heavy (non-hydrogen) atoms. The average molecular weight is 173 g/mol. The molecule has 0 spiro atoms. The average Bonchev–Trinajstić information content (AvgIpc) is 1.85. The van der Waals surface area contributed by atoms with Crippen LogP contribution in [0.15, 0.2) is 0 Å². The maximum Gasteiger partial charge on any atom is 0.186 e. The van der Waals surface area contributed by atoms with Gasteiger partial charge >= 0.3 is 0 Å². The topological polar surface area (TPSA) is 20.3 Å². The van der Waals surface area contributed by atoms with E-state index >= 15 is 0 Å². The summed E-state index contributed by atoms with van der Waals surface area (Å²) in [6.07, 6.45) is 2.44. The zero-order valence-electron chi connectivity index (χ0n) is 7.17.